The second kappa shape index (κ2) is 7.44. The smallest absolute Gasteiger partial charge is 0.101 e. The fourth-order valence-electron chi connectivity index (χ4n) is 2.90. The number of rotatable bonds is 7. The fraction of sp³-hybridized carbons (Fsp3) is 0.389. The Morgan fingerprint density at radius 3 is 2.83 bits per heavy atom. The van der Waals surface area contributed by atoms with Crippen molar-refractivity contribution in [1.82, 2.24) is 15.1 Å². The number of aliphatic hydroxyl groups is 2. The number of aromatic nitrogens is 2. The third-order valence-corrected chi connectivity index (χ3v) is 5.47. The molecule has 0 fully saturated rings. The zero-order valence-corrected chi connectivity index (χ0v) is 14.8. The largest absolute Gasteiger partial charge is 0.394 e. The van der Waals surface area contributed by atoms with Crippen LogP contribution in [0, 0.1) is 13.8 Å². The van der Waals surface area contributed by atoms with Crippen molar-refractivity contribution < 1.29 is 10.2 Å². The molecule has 5 nitrogen and oxygen atoms in total. The van der Waals surface area contributed by atoms with Crippen LogP contribution in [-0.4, -0.2) is 33.1 Å². The van der Waals surface area contributed by atoms with Gasteiger partial charge in [-0.2, -0.15) is 5.10 Å². The molecule has 1 unspecified atom stereocenters. The van der Waals surface area contributed by atoms with Gasteiger partial charge in [0.2, 0.25) is 0 Å². The minimum absolute atomic E-state index is 0.0828. The van der Waals surface area contributed by atoms with Gasteiger partial charge >= 0.3 is 0 Å². The minimum Gasteiger partial charge on any atom is -0.394 e. The molecule has 128 valence electrons. The number of aliphatic hydroxyl groups excluding tert-OH is 2. The summed E-state index contributed by atoms with van der Waals surface area (Å²) in [5.41, 5.74) is 3.15. The SMILES string of the molecule is Cc1nn(CCO)c(C)c1CNCC(O)c1cc2ccccc2s1. The monoisotopic (exact) mass is 345 g/mol. The average molecular weight is 345 g/mol. The number of aryl methyl sites for hydroxylation is 1. The minimum atomic E-state index is -0.518. The third-order valence-electron chi connectivity index (χ3n) is 4.26. The molecule has 6 heteroatoms. The summed E-state index contributed by atoms with van der Waals surface area (Å²) in [6.45, 7) is 5.73. The second-order valence-corrected chi connectivity index (χ2v) is 7.04. The van der Waals surface area contributed by atoms with Gasteiger partial charge in [-0.15, -0.1) is 11.3 Å². The van der Waals surface area contributed by atoms with Crippen LogP contribution in [0.1, 0.15) is 27.9 Å². The van der Waals surface area contributed by atoms with E-state index in [-0.39, 0.29) is 6.61 Å². The Hall–Kier alpha value is -1.73. The Bertz CT molecular complexity index is 792. The lowest BCUT2D eigenvalue weighted by Gasteiger charge is -2.10. The quantitative estimate of drug-likeness (QED) is 0.615. The van der Waals surface area contributed by atoms with E-state index in [9.17, 15) is 5.11 Å². The number of fused-ring (bicyclic) bond motifs is 1. The lowest BCUT2D eigenvalue weighted by Crippen LogP contribution is -2.21. The molecule has 0 saturated heterocycles. The van der Waals surface area contributed by atoms with Crippen LogP contribution in [0.25, 0.3) is 10.1 Å². The van der Waals surface area contributed by atoms with E-state index in [1.165, 1.54) is 10.1 Å². The van der Waals surface area contributed by atoms with E-state index in [1.807, 2.05) is 30.7 Å². The summed E-state index contributed by atoms with van der Waals surface area (Å²) in [5.74, 6) is 0. The summed E-state index contributed by atoms with van der Waals surface area (Å²) >= 11 is 1.63. The molecule has 2 heterocycles. The van der Waals surface area contributed by atoms with Crippen molar-refractivity contribution >= 4 is 21.4 Å². The maximum atomic E-state index is 10.4. The van der Waals surface area contributed by atoms with Gasteiger partial charge in [0.05, 0.1) is 18.8 Å². The van der Waals surface area contributed by atoms with Crippen molar-refractivity contribution in [2.45, 2.75) is 33.0 Å². The molecule has 1 atom stereocenters. The molecule has 0 amide bonds. The van der Waals surface area contributed by atoms with Gasteiger partial charge in [-0.05, 0) is 31.4 Å². The van der Waals surface area contributed by atoms with E-state index in [4.69, 9.17) is 5.11 Å². The molecule has 0 saturated carbocycles. The number of nitrogens with zero attached hydrogens (tertiary/aromatic N) is 2. The molecule has 24 heavy (non-hydrogen) atoms. The Kier molecular flexibility index (Phi) is 5.30. The summed E-state index contributed by atoms with van der Waals surface area (Å²) in [6.07, 6.45) is -0.518. The van der Waals surface area contributed by atoms with Gasteiger partial charge in [0.15, 0.2) is 0 Å². The second-order valence-electron chi connectivity index (χ2n) is 5.93. The first kappa shape index (κ1) is 17.1. The Balaban J connectivity index is 1.61. The standard InChI is InChI=1S/C18H23N3O2S/c1-12-15(13(2)21(20-12)7-8-22)10-19-11-16(23)18-9-14-5-3-4-6-17(14)24-18/h3-6,9,16,19,22-23H,7-8,10-11H2,1-2H3. The summed E-state index contributed by atoms with van der Waals surface area (Å²) in [5, 5.41) is 28.4. The molecule has 0 bridgehead atoms. The van der Waals surface area contributed by atoms with Crippen LogP contribution in [0.3, 0.4) is 0 Å². The molecule has 2 aromatic heterocycles. The van der Waals surface area contributed by atoms with Gasteiger partial charge in [-0.1, -0.05) is 18.2 Å². The summed E-state index contributed by atoms with van der Waals surface area (Å²) in [4.78, 5) is 0.980. The van der Waals surface area contributed by atoms with Gasteiger partial charge in [0, 0.05) is 33.9 Å². The summed E-state index contributed by atoms with van der Waals surface area (Å²) in [7, 11) is 0. The van der Waals surface area contributed by atoms with E-state index < -0.39 is 6.10 Å². The number of benzene rings is 1. The fourth-order valence-corrected chi connectivity index (χ4v) is 3.95. The van der Waals surface area contributed by atoms with Crippen LogP contribution < -0.4 is 5.32 Å². The maximum Gasteiger partial charge on any atom is 0.101 e. The Morgan fingerprint density at radius 1 is 1.29 bits per heavy atom. The van der Waals surface area contributed by atoms with Crippen LogP contribution >= 0.6 is 11.3 Å². The highest BCUT2D eigenvalue weighted by atomic mass is 32.1. The molecular weight excluding hydrogens is 322 g/mol. The van der Waals surface area contributed by atoms with E-state index in [0.717, 1.165) is 21.8 Å². The number of hydrogen-bond acceptors (Lipinski definition) is 5. The van der Waals surface area contributed by atoms with E-state index >= 15 is 0 Å². The first-order valence-corrected chi connectivity index (χ1v) is 8.92. The Morgan fingerprint density at radius 2 is 2.08 bits per heavy atom. The van der Waals surface area contributed by atoms with E-state index in [2.05, 4.69) is 28.6 Å². The number of nitrogens with one attached hydrogen (secondary N) is 1. The van der Waals surface area contributed by atoms with Crippen molar-refractivity contribution in [1.29, 1.82) is 0 Å². The molecule has 0 aliphatic carbocycles. The molecule has 0 aliphatic heterocycles. The normalized spacial score (nSPS) is 12.8. The molecule has 1 aromatic carbocycles. The number of hydrogen-bond donors (Lipinski definition) is 3. The zero-order valence-electron chi connectivity index (χ0n) is 14.0. The van der Waals surface area contributed by atoms with E-state index in [0.29, 0.717) is 19.6 Å². The van der Waals surface area contributed by atoms with Crippen LogP contribution in [0.5, 0.6) is 0 Å². The highest BCUT2D eigenvalue weighted by Crippen LogP contribution is 2.29. The predicted molar refractivity (Wildman–Crippen MR) is 97.3 cm³/mol. The van der Waals surface area contributed by atoms with Crippen LogP contribution in [-0.2, 0) is 13.1 Å². The van der Waals surface area contributed by atoms with Crippen molar-refractivity contribution in [3.8, 4) is 0 Å². The van der Waals surface area contributed by atoms with Gasteiger partial charge < -0.3 is 15.5 Å². The first-order valence-electron chi connectivity index (χ1n) is 8.11. The van der Waals surface area contributed by atoms with Gasteiger partial charge in [-0.3, -0.25) is 4.68 Å². The zero-order chi connectivity index (χ0) is 17.1. The topological polar surface area (TPSA) is 70.3 Å². The van der Waals surface area contributed by atoms with Crippen LogP contribution in [0.2, 0.25) is 0 Å². The highest BCUT2D eigenvalue weighted by molar-refractivity contribution is 7.19. The number of thiophene rings is 1. The molecule has 3 rings (SSSR count). The van der Waals surface area contributed by atoms with Crippen LogP contribution in [0.15, 0.2) is 30.3 Å². The molecule has 0 radical (unpaired) electrons. The van der Waals surface area contributed by atoms with Gasteiger partial charge in [0.1, 0.15) is 6.10 Å². The van der Waals surface area contributed by atoms with Crippen molar-refractivity contribution in [3.63, 3.8) is 0 Å². The lowest BCUT2D eigenvalue weighted by atomic mass is 10.2. The van der Waals surface area contributed by atoms with Gasteiger partial charge in [-0.25, -0.2) is 0 Å². The molecule has 0 aliphatic rings. The van der Waals surface area contributed by atoms with Crippen LogP contribution in [0.4, 0.5) is 0 Å². The summed E-state index contributed by atoms with van der Waals surface area (Å²) in [6, 6.07) is 10.2. The molecular formula is C18H23N3O2S. The van der Waals surface area contributed by atoms with Crippen molar-refractivity contribution in [3.05, 3.63) is 52.2 Å². The summed E-state index contributed by atoms with van der Waals surface area (Å²) < 4.78 is 3.03. The Labute approximate surface area is 145 Å². The predicted octanol–water partition coefficient (Wildman–Crippen LogP) is 2.53. The van der Waals surface area contributed by atoms with Crippen molar-refractivity contribution in [2.75, 3.05) is 13.2 Å². The van der Waals surface area contributed by atoms with E-state index in [1.54, 1.807) is 11.3 Å². The molecule has 0 spiro atoms. The molecule has 3 N–H and O–H groups in total. The van der Waals surface area contributed by atoms with Crippen molar-refractivity contribution in [2.24, 2.45) is 0 Å². The molecule has 3 aromatic rings. The third kappa shape index (κ3) is 3.52. The maximum absolute atomic E-state index is 10.4. The van der Waals surface area contributed by atoms with Gasteiger partial charge in [0.25, 0.3) is 0 Å². The highest BCUT2D eigenvalue weighted by Gasteiger charge is 2.14. The average Bonchev–Trinajstić information content (AvgIpc) is 3.11. The lowest BCUT2D eigenvalue weighted by molar-refractivity contribution is 0.178. The first-order chi connectivity index (χ1) is 11.6.